The second-order valence-electron chi connectivity index (χ2n) is 6.14. The summed E-state index contributed by atoms with van der Waals surface area (Å²) in [4.78, 5) is 46.0. The van der Waals surface area contributed by atoms with Crippen LogP contribution in [0.2, 0.25) is 5.02 Å². The predicted octanol–water partition coefficient (Wildman–Crippen LogP) is 2.32. The van der Waals surface area contributed by atoms with Gasteiger partial charge in [-0.3, -0.25) is 14.4 Å². The Kier molecular flexibility index (Phi) is 5.66. The van der Waals surface area contributed by atoms with E-state index in [0.29, 0.717) is 30.1 Å². The lowest BCUT2D eigenvalue weighted by Gasteiger charge is -2.30. The first kappa shape index (κ1) is 18.8. The number of halogens is 1. The van der Waals surface area contributed by atoms with Gasteiger partial charge in [0.15, 0.2) is 11.4 Å². The molecule has 1 aliphatic rings. The molecule has 1 atom stereocenters. The van der Waals surface area contributed by atoms with E-state index in [-0.39, 0.29) is 17.9 Å². The molecule has 2 aromatic rings. The highest BCUT2D eigenvalue weighted by molar-refractivity contribution is 6.30. The highest BCUT2D eigenvalue weighted by Crippen LogP contribution is 2.20. The van der Waals surface area contributed by atoms with Gasteiger partial charge in [0, 0.05) is 36.2 Å². The lowest BCUT2D eigenvalue weighted by Crippen LogP contribution is -2.43. The summed E-state index contributed by atoms with van der Waals surface area (Å²) in [5, 5.41) is 12.4. The molecular formula is C18H17ClN4O4. The first-order valence-electron chi connectivity index (χ1n) is 8.35. The van der Waals surface area contributed by atoms with Gasteiger partial charge in [-0.25, -0.2) is 9.97 Å². The molecule has 1 aromatic carbocycles. The molecule has 0 saturated carbocycles. The summed E-state index contributed by atoms with van der Waals surface area (Å²) in [6, 6.07) is 6.50. The lowest BCUT2D eigenvalue weighted by atomic mass is 9.98. The molecule has 3 rings (SSSR count). The number of carboxylic acid groups (broad SMARTS) is 1. The maximum atomic E-state index is 12.8. The zero-order valence-corrected chi connectivity index (χ0v) is 15.0. The molecule has 9 heteroatoms. The quantitative estimate of drug-likeness (QED) is 0.831. The van der Waals surface area contributed by atoms with Gasteiger partial charge < -0.3 is 15.3 Å². The number of aromatic nitrogens is 2. The van der Waals surface area contributed by atoms with Gasteiger partial charge in [-0.05, 0) is 37.1 Å². The van der Waals surface area contributed by atoms with Crippen LogP contribution in [0.3, 0.4) is 0 Å². The van der Waals surface area contributed by atoms with Gasteiger partial charge in [-0.2, -0.15) is 0 Å². The maximum absolute atomic E-state index is 12.8. The molecule has 1 aromatic heterocycles. The van der Waals surface area contributed by atoms with Crippen molar-refractivity contribution < 1.29 is 19.5 Å². The summed E-state index contributed by atoms with van der Waals surface area (Å²) in [6.45, 7) is 0.500. The summed E-state index contributed by atoms with van der Waals surface area (Å²) < 4.78 is 0. The first-order valence-corrected chi connectivity index (χ1v) is 8.73. The van der Waals surface area contributed by atoms with Crippen LogP contribution < -0.4 is 5.32 Å². The van der Waals surface area contributed by atoms with Crippen LogP contribution in [0.1, 0.15) is 33.8 Å². The summed E-state index contributed by atoms with van der Waals surface area (Å²) in [7, 11) is 0. The Balaban J connectivity index is 1.80. The highest BCUT2D eigenvalue weighted by Gasteiger charge is 2.31. The number of carbonyl (C=O) groups excluding carboxylic acids is 2. The normalized spacial score (nSPS) is 16.6. The van der Waals surface area contributed by atoms with Crippen molar-refractivity contribution in [3.8, 4) is 0 Å². The largest absolute Gasteiger partial charge is 0.481 e. The molecule has 140 valence electrons. The number of aliphatic carboxylic acids is 1. The third-order valence-corrected chi connectivity index (χ3v) is 4.53. The predicted molar refractivity (Wildman–Crippen MR) is 97.7 cm³/mol. The third-order valence-electron chi connectivity index (χ3n) is 4.28. The maximum Gasteiger partial charge on any atom is 0.308 e. The van der Waals surface area contributed by atoms with Gasteiger partial charge in [-0.15, -0.1) is 0 Å². The number of carboxylic acids is 1. The van der Waals surface area contributed by atoms with E-state index >= 15 is 0 Å². The molecule has 2 N–H and O–H groups in total. The second kappa shape index (κ2) is 8.13. The number of hydrogen-bond acceptors (Lipinski definition) is 5. The average Bonchev–Trinajstić information content (AvgIpc) is 2.69. The van der Waals surface area contributed by atoms with Crippen molar-refractivity contribution >= 4 is 35.1 Å². The van der Waals surface area contributed by atoms with Gasteiger partial charge in [0.25, 0.3) is 11.8 Å². The number of carbonyl (C=O) groups is 3. The first-order chi connectivity index (χ1) is 13.0. The van der Waals surface area contributed by atoms with Crippen LogP contribution in [0.4, 0.5) is 5.69 Å². The summed E-state index contributed by atoms with van der Waals surface area (Å²) in [5.41, 5.74) is 0.280. The van der Waals surface area contributed by atoms with E-state index in [9.17, 15) is 19.5 Å². The molecule has 2 heterocycles. The van der Waals surface area contributed by atoms with E-state index in [4.69, 9.17) is 11.6 Å². The van der Waals surface area contributed by atoms with Crippen molar-refractivity contribution in [2.75, 3.05) is 18.4 Å². The molecule has 1 aliphatic heterocycles. The Bertz CT molecular complexity index is 872. The van der Waals surface area contributed by atoms with Crippen molar-refractivity contribution in [1.29, 1.82) is 0 Å². The fourth-order valence-corrected chi connectivity index (χ4v) is 3.02. The minimum absolute atomic E-state index is 0.0863. The molecule has 1 unspecified atom stereocenters. The van der Waals surface area contributed by atoms with Crippen molar-refractivity contribution in [2.45, 2.75) is 12.8 Å². The van der Waals surface area contributed by atoms with Gasteiger partial charge >= 0.3 is 5.97 Å². The number of hydrogen-bond donors (Lipinski definition) is 2. The minimum atomic E-state index is -0.938. The van der Waals surface area contributed by atoms with Crippen molar-refractivity contribution in [1.82, 2.24) is 14.9 Å². The second-order valence-corrected chi connectivity index (χ2v) is 6.58. The molecule has 1 fully saturated rings. The number of piperidine rings is 1. The highest BCUT2D eigenvalue weighted by atomic mass is 35.5. The van der Waals surface area contributed by atoms with E-state index in [1.54, 1.807) is 24.3 Å². The van der Waals surface area contributed by atoms with Crippen LogP contribution in [-0.2, 0) is 4.79 Å². The minimum Gasteiger partial charge on any atom is -0.481 e. The fraction of sp³-hybridized carbons (Fsp3) is 0.278. The van der Waals surface area contributed by atoms with E-state index in [1.165, 1.54) is 17.3 Å². The van der Waals surface area contributed by atoms with Gasteiger partial charge in [0.05, 0.1) is 5.92 Å². The number of nitrogens with zero attached hydrogens (tertiary/aromatic N) is 3. The zero-order valence-electron chi connectivity index (χ0n) is 14.3. The van der Waals surface area contributed by atoms with Gasteiger partial charge in [0.2, 0.25) is 0 Å². The Morgan fingerprint density at radius 3 is 2.44 bits per heavy atom. The molecule has 2 amide bonds. The Morgan fingerprint density at radius 2 is 1.78 bits per heavy atom. The van der Waals surface area contributed by atoms with Crippen LogP contribution in [-0.4, -0.2) is 50.8 Å². The Morgan fingerprint density at radius 1 is 1.11 bits per heavy atom. The summed E-state index contributed by atoms with van der Waals surface area (Å²) >= 11 is 5.83. The van der Waals surface area contributed by atoms with Gasteiger partial charge in [0.1, 0.15) is 0 Å². The van der Waals surface area contributed by atoms with Crippen LogP contribution in [0, 0.1) is 5.92 Å². The standard InChI is InChI=1S/C18H17ClN4O4/c19-12-3-5-13(6-4-12)22-16(24)14-15(21-8-7-20-14)17(25)23-9-1-2-11(10-23)18(26)27/h3-8,11H,1-2,9-10H2,(H,22,24)(H,26,27). The number of amides is 2. The third kappa shape index (κ3) is 4.40. The number of nitrogens with one attached hydrogen (secondary N) is 1. The fourth-order valence-electron chi connectivity index (χ4n) is 2.90. The number of likely N-dealkylation sites (tertiary alicyclic amines) is 1. The van der Waals surface area contributed by atoms with Crippen LogP contribution in [0.15, 0.2) is 36.7 Å². The SMILES string of the molecule is O=C(Nc1ccc(Cl)cc1)c1nccnc1C(=O)N1CCCC(C(=O)O)C1. The van der Waals surface area contributed by atoms with Crippen molar-refractivity contribution in [2.24, 2.45) is 5.92 Å². The molecule has 1 saturated heterocycles. The number of rotatable bonds is 4. The Labute approximate surface area is 160 Å². The van der Waals surface area contributed by atoms with E-state index < -0.39 is 23.7 Å². The van der Waals surface area contributed by atoms with E-state index in [2.05, 4.69) is 15.3 Å². The van der Waals surface area contributed by atoms with Crippen LogP contribution in [0.5, 0.6) is 0 Å². The molecule has 0 radical (unpaired) electrons. The monoisotopic (exact) mass is 388 g/mol. The van der Waals surface area contributed by atoms with Crippen LogP contribution in [0.25, 0.3) is 0 Å². The molecule has 0 spiro atoms. The Hall–Kier alpha value is -3.00. The van der Waals surface area contributed by atoms with Gasteiger partial charge in [-0.1, -0.05) is 11.6 Å². The molecule has 0 bridgehead atoms. The van der Waals surface area contributed by atoms with Crippen molar-refractivity contribution in [3.05, 3.63) is 53.1 Å². The van der Waals surface area contributed by atoms with E-state index in [0.717, 1.165) is 0 Å². The molecule has 8 nitrogen and oxygen atoms in total. The molecule has 27 heavy (non-hydrogen) atoms. The van der Waals surface area contributed by atoms with Crippen LogP contribution >= 0.6 is 11.6 Å². The van der Waals surface area contributed by atoms with Crippen molar-refractivity contribution in [3.63, 3.8) is 0 Å². The molecular weight excluding hydrogens is 372 g/mol. The average molecular weight is 389 g/mol. The lowest BCUT2D eigenvalue weighted by molar-refractivity contribution is -0.143. The number of benzene rings is 1. The summed E-state index contributed by atoms with van der Waals surface area (Å²) in [6.07, 6.45) is 3.74. The topological polar surface area (TPSA) is 112 Å². The number of anilines is 1. The van der Waals surface area contributed by atoms with E-state index in [1.807, 2.05) is 0 Å². The summed E-state index contributed by atoms with van der Waals surface area (Å²) in [5.74, 6) is -2.64. The zero-order chi connectivity index (χ0) is 19.4. The smallest absolute Gasteiger partial charge is 0.308 e. The molecule has 0 aliphatic carbocycles.